The zero-order valence-corrected chi connectivity index (χ0v) is 9.04. The lowest BCUT2D eigenvalue weighted by Crippen LogP contribution is -1.91. The van der Waals surface area contributed by atoms with Crippen molar-refractivity contribution >= 4 is 16.6 Å². The zero-order chi connectivity index (χ0) is 11.7. The standard InChI is InChI=1S/C13H10N4/c14-11-4-7-15-12-3-2-9(8-10(11)12)13-16-5-1-6-17-13/h1-8H,(H2,14,15). The van der Waals surface area contributed by atoms with Crippen molar-refractivity contribution in [3.63, 3.8) is 0 Å². The van der Waals surface area contributed by atoms with Gasteiger partial charge >= 0.3 is 0 Å². The molecule has 4 nitrogen and oxygen atoms in total. The highest BCUT2D eigenvalue weighted by Gasteiger charge is 2.04. The van der Waals surface area contributed by atoms with E-state index in [2.05, 4.69) is 15.0 Å². The number of fused-ring (bicyclic) bond motifs is 1. The Balaban J connectivity index is 2.23. The molecule has 0 bridgehead atoms. The van der Waals surface area contributed by atoms with Crippen molar-refractivity contribution in [1.29, 1.82) is 0 Å². The van der Waals surface area contributed by atoms with Crippen molar-refractivity contribution in [2.24, 2.45) is 0 Å². The van der Waals surface area contributed by atoms with Gasteiger partial charge in [0.15, 0.2) is 5.82 Å². The Labute approximate surface area is 98.2 Å². The molecule has 3 rings (SSSR count). The van der Waals surface area contributed by atoms with Gasteiger partial charge in [0, 0.05) is 35.2 Å². The van der Waals surface area contributed by atoms with E-state index >= 15 is 0 Å². The number of pyridine rings is 1. The van der Waals surface area contributed by atoms with Gasteiger partial charge in [-0.25, -0.2) is 9.97 Å². The van der Waals surface area contributed by atoms with Crippen LogP contribution in [0.3, 0.4) is 0 Å². The van der Waals surface area contributed by atoms with Crippen molar-refractivity contribution in [3.05, 3.63) is 48.9 Å². The van der Waals surface area contributed by atoms with Gasteiger partial charge in [0.25, 0.3) is 0 Å². The van der Waals surface area contributed by atoms with Crippen LogP contribution in [0, 0.1) is 0 Å². The van der Waals surface area contributed by atoms with Crippen molar-refractivity contribution in [2.45, 2.75) is 0 Å². The molecule has 0 aliphatic carbocycles. The second kappa shape index (κ2) is 3.83. The van der Waals surface area contributed by atoms with Crippen LogP contribution < -0.4 is 5.73 Å². The maximum absolute atomic E-state index is 5.92. The molecule has 82 valence electrons. The number of benzene rings is 1. The van der Waals surface area contributed by atoms with Crippen LogP contribution in [0.25, 0.3) is 22.3 Å². The van der Waals surface area contributed by atoms with Gasteiger partial charge in [0.2, 0.25) is 0 Å². The second-order valence-corrected chi connectivity index (χ2v) is 3.70. The third kappa shape index (κ3) is 1.69. The van der Waals surface area contributed by atoms with Crippen molar-refractivity contribution in [3.8, 4) is 11.4 Å². The number of anilines is 1. The number of nitrogen functional groups attached to an aromatic ring is 1. The summed E-state index contributed by atoms with van der Waals surface area (Å²) < 4.78 is 0. The molecule has 1 aromatic carbocycles. The van der Waals surface area contributed by atoms with Gasteiger partial charge in [-0.15, -0.1) is 0 Å². The quantitative estimate of drug-likeness (QED) is 0.686. The highest BCUT2D eigenvalue weighted by atomic mass is 14.8. The first-order valence-electron chi connectivity index (χ1n) is 5.26. The van der Waals surface area contributed by atoms with Gasteiger partial charge in [-0.3, -0.25) is 4.98 Å². The smallest absolute Gasteiger partial charge is 0.159 e. The predicted octanol–water partition coefficient (Wildman–Crippen LogP) is 2.27. The lowest BCUT2D eigenvalue weighted by atomic mass is 10.1. The number of nitrogens with zero attached hydrogens (tertiary/aromatic N) is 3. The fraction of sp³-hybridized carbons (Fsp3) is 0. The number of nitrogens with two attached hydrogens (primary N) is 1. The van der Waals surface area contributed by atoms with E-state index in [4.69, 9.17) is 5.73 Å². The molecule has 0 aliphatic rings. The maximum atomic E-state index is 5.92. The van der Waals surface area contributed by atoms with Crippen molar-refractivity contribution in [2.75, 3.05) is 5.73 Å². The van der Waals surface area contributed by atoms with E-state index in [0.717, 1.165) is 16.5 Å². The Morgan fingerprint density at radius 3 is 2.53 bits per heavy atom. The highest BCUT2D eigenvalue weighted by Crippen LogP contribution is 2.24. The first-order chi connectivity index (χ1) is 8.34. The second-order valence-electron chi connectivity index (χ2n) is 3.70. The molecule has 0 saturated heterocycles. The molecule has 2 aromatic heterocycles. The Morgan fingerprint density at radius 1 is 0.882 bits per heavy atom. The van der Waals surface area contributed by atoms with Crippen LogP contribution in [-0.4, -0.2) is 15.0 Å². The molecule has 0 saturated carbocycles. The van der Waals surface area contributed by atoms with Gasteiger partial charge in [0.1, 0.15) is 0 Å². The fourth-order valence-electron chi connectivity index (χ4n) is 1.75. The molecule has 2 heterocycles. The minimum atomic E-state index is 0.692. The molecule has 2 N–H and O–H groups in total. The molecular weight excluding hydrogens is 212 g/mol. The SMILES string of the molecule is Nc1ccnc2ccc(-c3ncccn3)cc12. The largest absolute Gasteiger partial charge is 0.398 e. The number of rotatable bonds is 1. The van der Waals surface area contributed by atoms with Crippen LogP contribution in [0.5, 0.6) is 0 Å². The normalized spacial score (nSPS) is 10.6. The molecule has 0 radical (unpaired) electrons. The van der Waals surface area contributed by atoms with Gasteiger partial charge in [-0.1, -0.05) is 0 Å². The van der Waals surface area contributed by atoms with Crippen LogP contribution in [0.2, 0.25) is 0 Å². The molecule has 0 atom stereocenters. The summed E-state index contributed by atoms with van der Waals surface area (Å²) in [4.78, 5) is 12.7. The molecular formula is C13H10N4. The molecule has 3 aromatic rings. The number of hydrogen-bond donors (Lipinski definition) is 1. The lowest BCUT2D eigenvalue weighted by Gasteiger charge is -2.03. The van der Waals surface area contributed by atoms with Crippen LogP contribution >= 0.6 is 0 Å². The van der Waals surface area contributed by atoms with Gasteiger partial charge < -0.3 is 5.73 Å². The third-order valence-electron chi connectivity index (χ3n) is 2.60. The van der Waals surface area contributed by atoms with Gasteiger partial charge in [-0.2, -0.15) is 0 Å². The van der Waals surface area contributed by atoms with E-state index in [9.17, 15) is 0 Å². The Kier molecular flexibility index (Phi) is 2.19. The minimum Gasteiger partial charge on any atom is -0.398 e. The Morgan fingerprint density at radius 2 is 1.71 bits per heavy atom. The Bertz CT molecular complexity index is 665. The summed E-state index contributed by atoms with van der Waals surface area (Å²) in [6.07, 6.45) is 5.15. The summed E-state index contributed by atoms with van der Waals surface area (Å²) in [7, 11) is 0. The van der Waals surface area contributed by atoms with Crippen molar-refractivity contribution < 1.29 is 0 Å². The predicted molar refractivity (Wildman–Crippen MR) is 67.2 cm³/mol. The third-order valence-corrected chi connectivity index (χ3v) is 2.60. The summed E-state index contributed by atoms with van der Waals surface area (Å²) in [5.41, 5.74) is 8.46. The molecule has 0 fully saturated rings. The summed E-state index contributed by atoms with van der Waals surface area (Å²) in [5.74, 6) is 0.692. The maximum Gasteiger partial charge on any atom is 0.159 e. The van der Waals surface area contributed by atoms with Crippen LogP contribution in [0.4, 0.5) is 5.69 Å². The van der Waals surface area contributed by atoms with Crippen LogP contribution in [-0.2, 0) is 0 Å². The van der Waals surface area contributed by atoms with E-state index in [0.29, 0.717) is 11.5 Å². The molecule has 0 unspecified atom stereocenters. The first kappa shape index (κ1) is 9.72. The van der Waals surface area contributed by atoms with Crippen LogP contribution in [0.1, 0.15) is 0 Å². The van der Waals surface area contributed by atoms with Crippen LogP contribution in [0.15, 0.2) is 48.9 Å². The topological polar surface area (TPSA) is 64.7 Å². The van der Waals surface area contributed by atoms with E-state index in [-0.39, 0.29) is 0 Å². The Hall–Kier alpha value is -2.49. The van der Waals surface area contributed by atoms with E-state index in [1.807, 2.05) is 18.2 Å². The van der Waals surface area contributed by atoms with Crippen molar-refractivity contribution in [1.82, 2.24) is 15.0 Å². The summed E-state index contributed by atoms with van der Waals surface area (Å²) in [6, 6.07) is 9.42. The van der Waals surface area contributed by atoms with E-state index < -0.39 is 0 Å². The summed E-state index contributed by atoms with van der Waals surface area (Å²) in [5, 5.41) is 0.928. The molecule has 17 heavy (non-hydrogen) atoms. The highest BCUT2D eigenvalue weighted by molar-refractivity contribution is 5.92. The van der Waals surface area contributed by atoms with E-state index in [1.54, 1.807) is 30.7 Å². The molecule has 4 heteroatoms. The molecule has 0 aliphatic heterocycles. The molecule has 0 spiro atoms. The van der Waals surface area contributed by atoms with Gasteiger partial charge in [0.05, 0.1) is 5.52 Å². The summed E-state index contributed by atoms with van der Waals surface area (Å²) in [6.45, 7) is 0. The first-order valence-corrected chi connectivity index (χ1v) is 5.26. The van der Waals surface area contributed by atoms with E-state index in [1.165, 1.54) is 0 Å². The average Bonchev–Trinajstić information content (AvgIpc) is 2.40. The number of hydrogen-bond acceptors (Lipinski definition) is 4. The molecule has 0 amide bonds. The van der Waals surface area contributed by atoms with Gasteiger partial charge in [-0.05, 0) is 30.3 Å². The fourth-order valence-corrected chi connectivity index (χ4v) is 1.75. The average molecular weight is 222 g/mol. The number of aromatic nitrogens is 3. The monoisotopic (exact) mass is 222 g/mol. The zero-order valence-electron chi connectivity index (χ0n) is 9.04. The lowest BCUT2D eigenvalue weighted by molar-refractivity contribution is 1.18. The summed E-state index contributed by atoms with van der Waals surface area (Å²) >= 11 is 0. The minimum absolute atomic E-state index is 0.692.